The Hall–Kier alpha value is -1.51. The second-order valence-corrected chi connectivity index (χ2v) is 4.88. The summed E-state index contributed by atoms with van der Waals surface area (Å²) in [6, 6.07) is 18.1. The number of halogens is 1. The van der Waals surface area contributed by atoms with Crippen molar-refractivity contribution in [2.75, 3.05) is 13.7 Å². The zero-order valence-corrected chi connectivity index (χ0v) is 11.7. The predicted molar refractivity (Wildman–Crippen MR) is 79.7 cm³/mol. The van der Waals surface area contributed by atoms with Crippen molar-refractivity contribution in [2.45, 2.75) is 11.9 Å². The summed E-state index contributed by atoms with van der Waals surface area (Å²) in [6.07, 6.45) is 0. The Balaban J connectivity index is 1.79. The van der Waals surface area contributed by atoms with Crippen molar-refractivity contribution in [3.05, 3.63) is 65.7 Å². The Labute approximate surface area is 119 Å². The van der Waals surface area contributed by atoms with Crippen molar-refractivity contribution in [3.8, 4) is 5.75 Å². The molecular formula is C16H18ClNO. The molecule has 0 heterocycles. The minimum Gasteiger partial charge on any atom is -0.497 e. The van der Waals surface area contributed by atoms with E-state index in [0.717, 1.165) is 24.4 Å². The lowest BCUT2D eigenvalue weighted by Gasteiger charge is -2.11. The fourth-order valence-electron chi connectivity index (χ4n) is 1.87. The van der Waals surface area contributed by atoms with Crippen LogP contribution in [0.2, 0.25) is 0 Å². The smallest absolute Gasteiger partial charge is 0.118 e. The number of methoxy groups -OCH3 is 1. The van der Waals surface area contributed by atoms with E-state index in [1.54, 1.807) is 7.11 Å². The summed E-state index contributed by atoms with van der Waals surface area (Å²) in [5.74, 6) is 0.878. The number of rotatable bonds is 6. The lowest BCUT2D eigenvalue weighted by Crippen LogP contribution is -2.18. The minimum atomic E-state index is -0.000511. The quantitative estimate of drug-likeness (QED) is 0.811. The Kier molecular flexibility index (Phi) is 5.25. The zero-order valence-electron chi connectivity index (χ0n) is 11.0. The van der Waals surface area contributed by atoms with Crippen LogP contribution in [0.25, 0.3) is 0 Å². The Morgan fingerprint density at radius 1 is 1.05 bits per heavy atom. The molecule has 0 amide bonds. The van der Waals surface area contributed by atoms with Crippen LogP contribution in [0.15, 0.2) is 54.6 Å². The maximum Gasteiger partial charge on any atom is 0.118 e. The summed E-state index contributed by atoms with van der Waals surface area (Å²) < 4.78 is 5.13. The van der Waals surface area contributed by atoms with E-state index in [-0.39, 0.29) is 5.38 Å². The summed E-state index contributed by atoms with van der Waals surface area (Å²) in [5, 5.41) is 3.36. The van der Waals surface area contributed by atoms with Gasteiger partial charge in [0.2, 0.25) is 0 Å². The molecule has 0 bridgehead atoms. The largest absolute Gasteiger partial charge is 0.497 e. The zero-order chi connectivity index (χ0) is 13.5. The van der Waals surface area contributed by atoms with Crippen molar-refractivity contribution >= 4 is 11.6 Å². The molecule has 0 aromatic heterocycles. The molecule has 0 aliphatic carbocycles. The summed E-state index contributed by atoms with van der Waals surface area (Å²) in [6.45, 7) is 1.55. The number of benzene rings is 2. The van der Waals surface area contributed by atoms with E-state index in [1.807, 2.05) is 42.5 Å². The molecule has 0 saturated heterocycles. The molecule has 0 aliphatic heterocycles. The third kappa shape index (κ3) is 4.27. The van der Waals surface area contributed by atoms with Gasteiger partial charge in [-0.25, -0.2) is 0 Å². The molecular weight excluding hydrogens is 258 g/mol. The minimum absolute atomic E-state index is 0.000511. The molecule has 0 fully saturated rings. The van der Waals surface area contributed by atoms with Crippen molar-refractivity contribution in [1.29, 1.82) is 0 Å². The molecule has 3 heteroatoms. The molecule has 1 N–H and O–H groups in total. The number of hydrogen-bond donors (Lipinski definition) is 1. The second kappa shape index (κ2) is 7.17. The third-order valence-corrected chi connectivity index (χ3v) is 3.38. The summed E-state index contributed by atoms with van der Waals surface area (Å²) in [5.41, 5.74) is 2.36. The van der Waals surface area contributed by atoms with Crippen LogP contribution in [0, 0.1) is 0 Å². The highest BCUT2D eigenvalue weighted by Gasteiger charge is 2.06. The van der Waals surface area contributed by atoms with Gasteiger partial charge in [0.25, 0.3) is 0 Å². The van der Waals surface area contributed by atoms with Crippen LogP contribution >= 0.6 is 11.6 Å². The monoisotopic (exact) mass is 275 g/mol. The van der Waals surface area contributed by atoms with Gasteiger partial charge >= 0.3 is 0 Å². The van der Waals surface area contributed by atoms with Crippen molar-refractivity contribution in [3.63, 3.8) is 0 Å². The van der Waals surface area contributed by atoms with E-state index in [1.165, 1.54) is 5.56 Å². The molecule has 19 heavy (non-hydrogen) atoms. The van der Waals surface area contributed by atoms with Crippen LogP contribution in [-0.4, -0.2) is 13.7 Å². The van der Waals surface area contributed by atoms with Gasteiger partial charge in [0.1, 0.15) is 5.75 Å². The summed E-state index contributed by atoms with van der Waals surface area (Å²) in [4.78, 5) is 0. The highest BCUT2D eigenvalue weighted by molar-refractivity contribution is 6.21. The molecule has 0 saturated carbocycles. The molecule has 0 radical (unpaired) electrons. The standard InChI is InChI=1S/C16H18ClNO/c1-19-15-9-7-13(8-10-15)11-18-12-16(17)14-5-3-2-4-6-14/h2-10,16,18H,11-12H2,1H3. The predicted octanol–water partition coefficient (Wildman–Crippen LogP) is 3.76. The molecule has 2 aromatic carbocycles. The van der Waals surface area contributed by atoms with Gasteiger partial charge in [-0.15, -0.1) is 11.6 Å². The first kappa shape index (κ1) is 13.9. The van der Waals surface area contributed by atoms with Crippen molar-refractivity contribution in [2.24, 2.45) is 0 Å². The number of ether oxygens (including phenoxy) is 1. The lowest BCUT2D eigenvalue weighted by molar-refractivity contribution is 0.414. The third-order valence-electron chi connectivity index (χ3n) is 2.97. The highest BCUT2D eigenvalue weighted by Crippen LogP contribution is 2.19. The van der Waals surface area contributed by atoms with E-state index in [2.05, 4.69) is 17.4 Å². The van der Waals surface area contributed by atoms with E-state index in [0.29, 0.717) is 0 Å². The van der Waals surface area contributed by atoms with Crippen LogP contribution in [0.1, 0.15) is 16.5 Å². The maximum absolute atomic E-state index is 6.34. The van der Waals surface area contributed by atoms with Crippen LogP contribution in [0.3, 0.4) is 0 Å². The molecule has 2 nitrogen and oxygen atoms in total. The normalized spacial score (nSPS) is 12.1. The van der Waals surface area contributed by atoms with Gasteiger partial charge in [-0.3, -0.25) is 0 Å². The number of alkyl halides is 1. The van der Waals surface area contributed by atoms with Crippen molar-refractivity contribution in [1.82, 2.24) is 5.32 Å². The molecule has 100 valence electrons. The highest BCUT2D eigenvalue weighted by atomic mass is 35.5. The molecule has 2 rings (SSSR count). The molecule has 1 atom stereocenters. The van der Waals surface area contributed by atoms with Crippen LogP contribution in [0.4, 0.5) is 0 Å². The van der Waals surface area contributed by atoms with E-state index in [4.69, 9.17) is 16.3 Å². The fraction of sp³-hybridized carbons (Fsp3) is 0.250. The van der Waals surface area contributed by atoms with Crippen molar-refractivity contribution < 1.29 is 4.74 Å². The van der Waals surface area contributed by atoms with Gasteiger partial charge in [-0.2, -0.15) is 0 Å². The SMILES string of the molecule is COc1ccc(CNCC(Cl)c2ccccc2)cc1. The summed E-state index contributed by atoms with van der Waals surface area (Å²) in [7, 11) is 1.67. The Morgan fingerprint density at radius 3 is 2.37 bits per heavy atom. The first-order valence-electron chi connectivity index (χ1n) is 6.32. The molecule has 2 aromatic rings. The average Bonchev–Trinajstić information content (AvgIpc) is 2.49. The summed E-state index contributed by atoms with van der Waals surface area (Å²) >= 11 is 6.34. The van der Waals surface area contributed by atoms with Gasteiger partial charge in [-0.05, 0) is 23.3 Å². The Morgan fingerprint density at radius 2 is 1.74 bits per heavy atom. The van der Waals surface area contributed by atoms with E-state index in [9.17, 15) is 0 Å². The first-order valence-corrected chi connectivity index (χ1v) is 6.76. The topological polar surface area (TPSA) is 21.3 Å². The number of hydrogen-bond acceptors (Lipinski definition) is 2. The van der Waals surface area contributed by atoms with Gasteiger partial charge in [0.05, 0.1) is 12.5 Å². The lowest BCUT2D eigenvalue weighted by atomic mass is 10.1. The average molecular weight is 276 g/mol. The van der Waals surface area contributed by atoms with Crippen LogP contribution in [0.5, 0.6) is 5.75 Å². The maximum atomic E-state index is 6.34. The fourth-order valence-corrected chi connectivity index (χ4v) is 2.12. The van der Waals surface area contributed by atoms with Gasteiger partial charge in [0.15, 0.2) is 0 Å². The second-order valence-electron chi connectivity index (χ2n) is 4.36. The van der Waals surface area contributed by atoms with E-state index >= 15 is 0 Å². The van der Waals surface area contributed by atoms with Gasteiger partial charge in [-0.1, -0.05) is 42.5 Å². The Bertz CT molecular complexity index is 484. The molecule has 1 unspecified atom stereocenters. The first-order chi connectivity index (χ1) is 9.29. The van der Waals surface area contributed by atoms with Gasteiger partial charge < -0.3 is 10.1 Å². The van der Waals surface area contributed by atoms with E-state index < -0.39 is 0 Å². The molecule has 0 aliphatic rings. The van der Waals surface area contributed by atoms with Gasteiger partial charge in [0, 0.05) is 13.1 Å². The number of nitrogens with one attached hydrogen (secondary N) is 1. The van der Waals surface area contributed by atoms with Crippen LogP contribution < -0.4 is 10.1 Å². The van der Waals surface area contributed by atoms with Crippen LogP contribution in [-0.2, 0) is 6.54 Å². The molecule has 0 spiro atoms.